The molecule has 104 valence electrons. The lowest BCUT2D eigenvalue weighted by Crippen LogP contribution is -2.07. The van der Waals surface area contributed by atoms with Gasteiger partial charge in [-0.05, 0) is 41.9 Å². The van der Waals surface area contributed by atoms with E-state index in [1.807, 2.05) is 23.9 Å². The van der Waals surface area contributed by atoms with Crippen LogP contribution in [0.25, 0.3) is 11.3 Å². The summed E-state index contributed by atoms with van der Waals surface area (Å²) in [5.41, 5.74) is 2.80. The molecule has 20 heavy (non-hydrogen) atoms. The van der Waals surface area contributed by atoms with Crippen LogP contribution in [0.2, 0.25) is 0 Å². The number of carboxylic acids is 1. The van der Waals surface area contributed by atoms with Crippen LogP contribution in [0, 0.1) is 0 Å². The number of carbonyl (C=O) groups is 1. The molecule has 1 N–H and O–H groups in total. The van der Waals surface area contributed by atoms with Gasteiger partial charge >= 0.3 is 5.97 Å². The molecule has 5 heteroatoms. The van der Waals surface area contributed by atoms with Crippen molar-refractivity contribution in [2.75, 3.05) is 11.5 Å². The molecule has 1 fully saturated rings. The monoisotopic (exact) mass is 289 g/mol. The van der Waals surface area contributed by atoms with Gasteiger partial charge in [0.2, 0.25) is 5.76 Å². The second kappa shape index (κ2) is 5.71. The average molecular weight is 289 g/mol. The van der Waals surface area contributed by atoms with Crippen molar-refractivity contribution in [2.45, 2.75) is 18.8 Å². The number of benzene rings is 1. The number of carboxylic acid groups (broad SMARTS) is 1. The Labute approximate surface area is 121 Å². The molecular weight excluding hydrogens is 274 g/mol. The predicted octanol–water partition coefficient (Wildman–Crippen LogP) is 3.65. The predicted molar refractivity (Wildman–Crippen MR) is 78.2 cm³/mol. The standard InChI is InChI=1S/C15H15NO3S/c17-15(18)14-9-13(16-19-14)12-3-1-2-11(8-12)10-4-6-20-7-5-10/h1-3,8-10H,4-7H2,(H,17,18). The molecule has 1 aromatic heterocycles. The van der Waals surface area contributed by atoms with E-state index < -0.39 is 5.97 Å². The molecule has 0 amide bonds. The maximum atomic E-state index is 10.8. The first-order valence-corrected chi connectivity index (χ1v) is 7.77. The van der Waals surface area contributed by atoms with Crippen LogP contribution in [0.1, 0.15) is 34.9 Å². The molecule has 1 aliphatic heterocycles. The van der Waals surface area contributed by atoms with E-state index in [-0.39, 0.29) is 5.76 Å². The van der Waals surface area contributed by atoms with Crippen LogP contribution in [0.4, 0.5) is 0 Å². The van der Waals surface area contributed by atoms with Crippen LogP contribution in [-0.2, 0) is 0 Å². The summed E-state index contributed by atoms with van der Waals surface area (Å²) in [6.07, 6.45) is 2.40. The first-order chi connectivity index (χ1) is 9.74. The third kappa shape index (κ3) is 2.72. The molecule has 2 heterocycles. The number of thioether (sulfide) groups is 1. The highest BCUT2D eigenvalue weighted by atomic mass is 32.2. The van der Waals surface area contributed by atoms with Crippen molar-refractivity contribution in [3.8, 4) is 11.3 Å². The van der Waals surface area contributed by atoms with Gasteiger partial charge in [-0.25, -0.2) is 4.79 Å². The molecule has 0 atom stereocenters. The Hall–Kier alpha value is -1.75. The van der Waals surface area contributed by atoms with Crippen molar-refractivity contribution in [3.63, 3.8) is 0 Å². The van der Waals surface area contributed by atoms with E-state index in [2.05, 4.69) is 17.3 Å². The number of aromatic nitrogens is 1. The van der Waals surface area contributed by atoms with Crippen LogP contribution in [0.5, 0.6) is 0 Å². The fraction of sp³-hybridized carbons (Fsp3) is 0.333. The highest BCUT2D eigenvalue weighted by Crippen LogP contribution is 2.33. The van der Waals surface area contributed by atoms with Crippen molar-refractivity contribution in [2.24, 2.45) is 0 Å². The Kier molecular flexibility index (Phi) is 3.78. The van der Waals surface area contributed by atoms with Crippen molar-refractivity contribution >= 4 is 17.7 Å². The summed E-state index contributed by atoms with van der Waals surface area (Å²) < 4.78 is 4.81. The number of hydrogen-bond donors (Lipinski definition) is 1. The van der Waals surface area contributed by atoms with Crippen LogP contribution >= 0.6 is 11.8 Å². The lowest BCUT2D eigenvalue weighted by molar-refractivity contribution is 0.0652. The zero-order valence-electron chi connectivity index (χ0n) is 10.9. The Balaban J connectivity index is 1.87. The molecule has 1 saturated heterocycles. The molecular formula is C15H15NO3S. The third-order valence-corrected chi connectivity index (χ3v) is 4.64. The topological polar surface area (TPSA) is 63.3 Å². The summed E-state index contributed by atoms with van der Waals surface area (Å²) in [7, 11) is 0. The van der Waals surface area contributed by atoms with E-state index in [9.17, 15) is 4.79 Å². The maximum Gasteiger partial charge on any atom is 0.374 e. The van der Waals surface area contributed by atoms with Crippen molar-refractivity contribution in [3.05, 3.63) is 41.7 Å². The van der Waals surface area contributed by atoms with Crippen LogP contribution in [0.15, 0.2) is 34.9 Å². The fourth-order valence-electron chi connectivity index (χ4n) is 2.49. The van der Waals surface area contributed by atoms with Crippen molar-refractivity contribution in [1.29, 1.82) is 0 Å². The Bertz CT molecular complexity index is 617. The quantitative estimate of drug-likeness (QED) is 0.934. The van der Waals surface area contributed by atoms with Gasteiger partial charge in [0.15, 0.2) is 0 Å². The van der Waals surface area contributed by atoms with Gasteiger partial charge in [-0.15, -0.1) is 0 Å². The molecule has 0 aliphatic carbocycles. The lowest BCUT2D eigenvalue weighted by atomic mass is 9.92. The third-order valence-electron chi connectivity index (χ3n) is 3.60. The molecule has 0 spiro atoms. The number of rotatable bonds is 3. The van der Waals surface area contributed by atoms with Crippen molar-refractivity contribution < 1.29 is 14.4 Å². The minimum absolute atomic E-state index is 0.125. The van der Waals surface area contributed by atoms with Gasteiger partial charge in [-0.3, -0.25) is 0 Å². The minimum atomic E-state index is -1.09. The van der Waals surface area contributed by atoms with Gasteiger partial charge in [0.05, 0.1) is 0 Å². The first-order valence-electron chi connectivity index (χ1n) is 6.62. The highest BCUT2D eigenvalue weighted by molar-refractivity contribution is 7.99. The lowest BCUT2D eigenvalue weighted by Gasteiger charge is -2.22. The zero-order valence-corrected chi connectivity index (χ0v) is 11.7. The van der Waals surface area contributed by atoms with Gasteiger partial charge in [-0.1, -0.05) is 23.4 Å². The second-order valence-electron chi connectivity index (χ2n) is 4.89. The molecule has 0 saturated carbocycles. The second-order valence-corrected chi connectivity index (χ2v) is 6.12. The highest BCUT2D eigenvalue weighted by Gasteiger charge is 2.17. The number of hydrogen-bond acceptors (Lipinski definition) is 4. The molecule has 2 aromatic rings. The minimum Gasteiger partial charge on any atom is -0.475 e. The van der Waals surface area contributed by atoms with Crippen LogP contribution < -0.4 is 0 Å². The molecule has 0 bridgehead atoms. The maximum absolute atomic E-state index is 10.8. The SMILES string of the molecule is O=C(O)c1cc(-c2cccc(C3CCSCC3)c2)no1. The van der Waals surface area contributed by atoms with E-state index >= 15 is 0 Å². The van der Waals surface area contributed by atoms with Crippen molar-refractivity contribution in [1.82, 2.24) is 5.16 Å². The summed E-state index contributed by atoms with van der Waals surface area (Å²) in [5.74, 6) is 1.80. The van der Waals surface area contributed by atoms with Gasteiger partial charge in [0.1, 0.15) is 5.69 Å². The Morgan fingerprint density at radius 1 is 1.30 bits per heavy atom. The molecule has 3 rings (SSSR count). The summed E-state index contributed by atoms with van der Waals surface area (Å²) >= 11 is 2.01. The normalized spacial score (nSPS) is 16.2. The van der Waals surface area contributed by atoms with Gasteiger partial charge < -0.3 is 9.63 Å². The molecule has 0 radical (unpaired) electrons. The molecule has 1 aromatic carbocycles. The van der Waals surface area contributed by atoms with E-state index in [1.54, 1.807) is 0 Å². The fourth-order valence-corrected chi connectivity index (χ4v) is 3.60. The summed E-state index contributed by atoms with van der Waals surface area (Å²) in [5, 5.41) is 12.7. The first kappa shape index (κ1) is 13.2. The molecule has 1 aliphatic rings. The van der Waals surface area contributed by atoms with E-state index in [0.29, 0.717) is 11.6 Å². The van der Waals surface area contributed by atoms with Crippen LogP contribution in [0.3, 0.4) is 0 Å². The van der Waals surface area contributed by atoms with Gasteiger partial charge in [-0.2, -0.15) is 11.8 Å². The largest absolute Gasteiger partial charge is 0.475 e. The van der Waals surface area contributed by atoms with Gasteiger partial charge in [0, 0.05) is 11.6 Å². The number of nitrogens with zero attached hydrogens (tertiary/aromatic N) is 1. The molecule has 4 nitrogen and oxygen atoms in total. The summed E-state index contributed by atoms with van der Waals surface area (Å²) in [6, 6.07) is 9.65. The van der Waals surface area contributed by atoms with Crippen LogP contribution in [-0.4, -0.2) is 27.7 Å². The molecule has 0 unspecified atom stereocenters. The number of aromatic carboxylic acids is 1. The average Bonchev–Trinajstić information content (AvgIpc) is 2.98. The summed E-state index contributed by atoms with van der Waals surface area (Å²) in [4.78, 5) is 10.8. The summed E-state index contributed by atoms with van der Waals surface area (Å²) in [6.45, 7) is 0. The van der Waals surface area contributed by atoms with E-state index in [0.717, 1.165) is 5.56 Å². The Morgan fingerprint density at radius 2 is 2.10 bits per heavy atom. The zero-order chi connectivity index (χ0) is 13.9. The van der Waals surface area contributed by atoms with E-state index in [1.165, 1.54) is 36.0 Å². The van der Waals surface area contributed by atoms with Gasteiger partial charge in [0.25, 0.3) is 0 Å². The smallest absolute Gasteiger partial charge is 0.374 e. The Morgan fingerprint density at radius 3 is 2.80 bits per heavy atom. The van der Waals surface area contributed by atoms with E-state index in [4.69, 9.17) is 9.63 Å².